The van der Waals surface area contributed by atoms with E-state index in [2.05, 4.69) is 75.7 Å². The third-order valence-corrected chi connectivity index (χ3v) is 7.79. The van der Waals surface area contributed by atoms with Gasteiger partial charge in [0.15, 0.2) is 5.82 Å². The Morgan fingerprint density at radius 1 is 0.919 bits per heavy atom. The predicted molar refractivity (Wildman–Crippen MR) is 145 cm³/mol. The quantitative estimate of drug-likeness (QED) is 0.507. The number of nitrogens with zero attached hydrogens (tertiary/aromatic N) is 5. The summed E-state index contributed by atoms with van der Waals surface area (Å²) in [6, 6.07) is 13.6. The molecule has 4 heterocycles. The summed E-state index contributed by atoms with van der Waals surface area (Å²) >= 11 is 0. The summed E-state index contributed by atoms with van der Waals surface area (Å²) in [5, 5.41) is 0. The van der Waals surface area contributed by atoms with Crippen LogP contribution in [0.2, 0.25) is 0 Å². The summed E-state index contributed by atoms with van der Waals surface area (Å²) in [5.74, 6) is 2.75. The van der Waals surface area contributed by atoms with E-state index in [1.807, 2.05) is 0 Å². The molecule has 2 aromatic carbocycles. The standard InChI is InChI=1S/C29H37N5O3/c1-21(2)32-8-10-33(11-9-32)25-6-4-22(16-27(25)35-3)23-5-7-26-28(17-23)37-20-29-30-24(19-34(26)29)18-31-12-14-36-15-13-31/h4-7,16-17,19,21H,8-15,18,20H2,1-3H3. The number of aromatic nitrogens is 2. The fourth-order valence-electron chi connectivity index (χ4n) is 5.60. The molecule has 0 spiro atoms. The lowest BCUT2D eigenvalue weighted by molar-refractivity contribution is 0.0337. The van der Waals surface area contributed by atoms with E-state index in [0.717, 1.165) is 98.9 Å². The molecule has 0 atom stereocenters. The van der Waals surface area contributed by atoms with Gasteiger partial charge in [-0.2, -0.15) is 0 Å². The van der Waals surface area contributed by atoms with Crippen molar-refractivity contribution in [3.05, 3.63) is 54.1 Å². The first-order valence-electron chi connectivity index (χ1n) is 13.4. The zero-order valence-electron chi connectivity index (χ0n) is 22.2. The number of fused-ring (bicyclic) bond motifs is 3. The van der Waals surface area contributed by atoms with E-state index in [0.29, 0.717) is 12.6 Å². The second-order valence-electron chi connectivity index (χ2n) is 10.4. The first kappa shape index (κ1) is 24.3. The number of imidazole rings is 1. The van der Waals surface area contributed by atoms with Crippen molar-refractivity contribution in [1.29, 1.82) is 0 Å². The first-order valence-corrected chi connectivity index (χ1v) is 13.4. The minimum atomic E-state index is 0.476. The molecule has 2 fully saturated rings. The number of morpholine rings is 1. The van der Waals surface area contributed by atoms with Crippen molar-refractivity contribution in [1.82, 2.24) is 19.4 Å². The number of piperazine rings is 1. The molecule has 6 rings (SSSR count). The Bertz CT molecular complexity index is 1240. The summed E-state index contributed by atoms with van der Waals surface area (Å²) < 4.78 is 19.7. The molecule has 0 amide bonds. The highest BCUT2D eigenvalue weighted by molar-refractivity contribution is 5.74. The molecular weight excluding hydrogens is 466 g/mol. The summed E-state index contributed by atoms with van der Waals surface area (Å²) in [4.78, 5) is 12.2. The van der Waals surface area contributed by atoms with Gasteiger partial charge in [0.2, 0.25) is 0 Å². The van der Waals surface area contributed by atoms with Crippen LogP contribution in [-0.4, -0.2) is 85.0 Å². The highest BCUT2D eigenvalue weighted by Gasteiger charge is 2.23. The maximum absolute atomic E-state index is 6.16. The molecule has 3 aliphatic heterocycles. The maximum atomic E-state index is 6.16. The molecule has 3 aliphatic rings. The van der Waals surface area contributed by atoms with Crippen LogP contribution >= 0.6 is 0 Å². The average molecular weight is 504 g/mol. The van der Waals surface area contributed by atoms with E-state index in [1.54, 1.807) is 7.11 Å². The van der Waals surface area contributed by atoms with E-state index >= 15 is 0 Å². The predicted octanol–water partition coefficient (Wildman–Crippen LogP) is 3.80. The van der Waals surface area contributed by atoms with Crippen LogP contribution in [0.25, 0.3) is 16.8 Å². The summed E-state index contributed by atoms with van der Waals surface area (Å²) in [5.41, 5.74) is 5.52. The lowest BCUT2D eigenvalue weighted by atomic mass is 10.0. The fraction of sp³-hybridized carbons (Fsp3) is 0.483. The van der Waals surface area contributed by atoms with Crippen molar-refractivity contribution >= 4 is 5.69 Å². The van der Waals surface area contributed by atoms with Gasteiger partial charge < -0.3 is 19.1 Å². The van der Waals surface area contributed by atoms with E-state index in [1.165, 1.54) is 5.69 Å². The first-order chi connectivity index (χ1) is 18.1. The summed E-state index contributed by atoms with van der Waals surface area (Å²) in [6.07, 6.45) is 2.16. The van der Waals surface area contributed by atoms with Gasteiger partial charge in [0.05, 0.1) is 37.4 Å². The minimum absolute atomic E-state index is 0.476. The van der Waals surface area contributed by atoms with Gasteiger partial charge in [0, 0.05) is 58.1 Å². The maximum Gasteiger partial charge on any atom is 0.151 e. The van der Waals surface area contributed by atoms with Gasteiger partial charge in [0.25, 0.3) is 0 Å². The third-order valence-electron chi connectivity index (χ3n) is 7.79. The average Bonchev–Trinajstić information content (AvgIpc) is 3.36. The zero-order valence-corrected chi connectivity index (χ0v) is 22.2. The highest BCUT2D eigenvalue weighted by Crippen LogP contribution is 2.38. The van der Waals surface area contributed by atoms with Crippen LogP contribution in [0.15, 0.2) is 42.6 Å². The lowest BCUT2D eigenvalue weighted by Gasteiger charge is -2.38. The van der Waals surface area contributed by atoms with Gasteiger partial charge in [-0.25, -0.2) is 4.98 Å². The van der Waals surface area contributed by atoms with Crippen LogP contribution in [0.5, 0.6) is 11.5 Å². The van der Waals surface area contributed by atoms with Crippen LogP contribution in [0.4, 0.5) is 5.69 Å². The molecule has 8 heteroatoms. The number of hydrogen-bond acceptors (Lipinski definition) is 7. The topological polar surface area (TPSA) is 55.2 Å². The summed E-state index contributed by atoms with van der Waals surface area (Å²) in [7, 11) is 1.76. The van der Waals surface area contributed by atoms with Gasteiger partial charge in [-0.3, -0.25) is 14.4 Å². The van der Waals surface area contributed by atoms with E-state index in [-0.39, 0.29) is 0 Å². The molecule has 3 aromatic rings. The lowest BCUT2D eigenvalue weighted by Crippen LogP contribution is -2.49. The number of hydrogen-bond donors (Lipinski definition) is 0. The smallest absolute Gasteiger partial charge is 0.151 e. The van der Waals surface area contributed by atoms with Crippen LogP contribution in [0.3, 0.4) is 0 Å². The van der Waals surface area contributed by atoms with Gasteiger partial charge in [0.1, 0.15) is 18.1 Å². The Labute approximate surface area is 219 Å². The minimum Gasteiger partial charge on any atom is -0.495 e. The third kappa shape index (κ3) is 4.93. The van der Waals surface area contributed by atoms with E-state index < -0.39 is 0 Å². The Kier molecular flexibility index (Phi) is 6.80. The summed E-state index contributed by atoms with van der Waals surface area (Å²) in [6.45, 7) is 13.5. The van der Waals surface area contributed by atoms with E-state index in [9.17, 15) is 0 Å². The van der Waals surface area contributed by atoms with Crippen molar-refractivity contribution in [3.63, 3.8) is 0 Å². The van der Waals surface area contributed by atoms with E-state index in [4.69, 9.17) is 19.2 Å². The van der Waals surface area contributed by atoms with Gasteiger partial charge in [-0.15, -0.1) is 0 Å². The van der Waals surface area contributed by atoms with Crippen molar-refractivity contribution in [2.45, 2.75) is 33.0 Å². The second-order valence-corrected chi connectivity index (χ2v) is 10.4. The Hall–Kier alpha value is -3.07. The molecular formula is C29H37N5O3. The molecule has 0 saturated carbocycles. The number of ether oxygens (including phenoxy) is 3. The molecule has 0 N–H and O–H groups in total. The molecule has 37 heavy (non-hydrogen) atoms. The van der Waals surface area contributed by atoms with Crippen LogP contribution < -0.4 is 14.4 Å². The van der Waals surface area contributed by atoms with Gasteiger partial charge in [-0.05, 0) is 49.2 Å². The van der Waals surface area contributed by atoms with Crippen molar-refractivity contribution in [2.24, 2.45) is 0 Å². The number of methoxy groups -OCH3 is 1. The molecule has 2 saturated heterocycles. The Balaban J connectivity index is 1.21. The Morgan fingerprint density at radius 2 is 1.65 bits per heavy atom. The second kappa shape index (κ2) is 10.4. The fourth-order valence-corrected chi connectivity index (χ4v) is 5.60. The molecule has 0 radical (unpaired) electrons. The molecule has 1 aromatic heterocycles. The number of benzene rings is 2. The van der Waals surface area contributed by atoms with Crippen molar-refractivity contribution in [3.8, 4) is 28.3 Å². The van der Waals surface area contributed by atoms with Crippen LogP contribution in [-0.2, 0) is 17.9 Å². The van der Waals surface area contributed by atoms with Crippen LogP contribution in [0.1, 0.15) is 25.4 Å². The molecule has 0 unspecified atom stereocenters. The normalized spacial score (nSPS) is 18.4. The van der Waals surface area contributed by atoms with Gasteiger partial charge in [-0.1, -0.05) is 12.1 Å². The largest absolute Gasteiger partial charge is 0.495 e. The highest BCUT2D eigenvalue weighted by atomic mass is 16.5. The van der Waals surface area contributed by atoms with Crippen molar-refractivity contribution < 1.29 is 14.2 Å². The SMILES string of the molecule is COc1cc(-c2ccc3c(c2)OCc2nc(CN4CCOCC4)cn2-3)ccc1N1CCN(C(C)C)CC1. The van der Waals surface area contributed by atoms with Crippen LogP contribution in [0, 0.1) is 0 Å². The van der Waals surface area contributed by atoms with Crippen molar-refractivity contribution in [2.75, 3.05) is 64.5 Å². The molecule has 0 bridgehead atoms. The molecule has 8 nitrogen and oxygen atoms in total. The van der Waals surface area contributed by atoms with Gasteiger partial charge >= 0.3 is 0 Å². The number of anilines is 1. The number of rotatable bonds is 6. The monoisotopic (exact) mass is 503 g/mol. The zero-order chi connectivity index (χ0) is 25.4. The molecule has 0 aliphatic carbocycles. The Morgan fingerprint density at radius 3 is 2.38 bits per heavy atom. The molecule has 196 valence electrons.